The molecule has 2 N–H and O–H groups in total. The number of hydrogen-bond donors (Lipinski definition) is 2. The molecule has 2 aromatic heterocycles. The fourth-order valence-corrected chi connectivity index (χ4v) is 2.59. The number of benzene rings is 1. The summed E-state index contributed by atoms with van der Waals surface area (Å²) < 4.78 is 1.92. The number of aryl methyl sites for hydroxylation is 1. The number of rotatable bonds is 6. The Morgan fingerprint density at radius 3 is 3.00 bits per heavy atom. The molecule has 3 aromatic rings. The van der Waals surface area contributed by atoms with Crippen LogP contribution in [0.15, 0.2) is 49.3 Å². The average Bonchev–Trinajstić information content (AvgIpc) is 3.07. The van der Waals surface area contributed by atoms with Crippen LogP contribution in [0.25, 0.3) is 10.9 Å². The van der Waals surface area contributed by atoms with Crippen molar-refractivity contribution in [3.8, 4) is 0 Å². The van der Waals surface area contributed by atoms with Gasteiger partial charge in [-0.25, -0.2) is 0 Å². The number of aromatic amines is 1. The maximum absolute atomic E-state index is 4.47. The first-order valence-corrected chi connectivity index (χ1v) is 7.17. The van der Waals surface area contributed by atoms with Gasteiger partial charge < -0.3 is 10.3 Å². The molecular formula is C17H20N4. The standard InChI is InChI=1S/C17H20N4/c1-3-9-21-12-15(13(2)20-21)11-18-10-14-5-4-6-17-16(14)7-8-19-17/h3-8,12,18-19H,1,9-11H2,2H3. The Kier molecular flexibility index (Phi) is 3.88. The smallest absolute Gasteiger partial charge is 0.0638 e. The highest BCUT2D eigenvalue weighted by molar-refractivity contribution is 5.82. The predicted molar refractivity (Wildman–Crippen MR) is 86.0 cm³/mol. The number of hydrogen-bond acceptors (Lipinski definition) is 2. The molecule has 0 spiro atoms. The third-order valence-electron chi connectivity index (χ3n) is 3.68. The van der Waals surface area contributed by atoms with Gasteiger partial charge in [-0.1, -0.05) is 18.2 Å². The molecule has 0 radical (unpaired) electrons. The van der Waals surface area contributed by atoms with E-state index in [1.54, 1.807) is 0 Å². The van der Waals surface area contributed by atoms with Crippen molar-refractivity contribution in [2.75, 3.05) is 0 Å². The third kappa shape index (κ3) is 2.90. The summed E-state index contributed by atoms with van der Waals surface area (Å²) in [4.78, 5) is 3.24. The Morgan fingerprint density at radius 2 is 2.14 bits per heavy atom. The first-order chi connectivity index (χ1) is 10.3. The number of H-pyrrole nitrogens is 1. The molecule has 2 heterocycles. The lowest BCUT2D eigenvalue weighted by Gasteiger charge is -2.05. The van der Waals surface area contributed by atoms with E-state index in [1.807, 2.05) is 23.9 Å². The zero-order valence-corrected chi connectivity index (χ0v) is 12.3. The van der Waals surface area contributed by atoms with Gasteiger partial charge in [-0.2, -0.15) is 5.10 Å². The van der Waals surface area contributed by atoms with Crippen LogP contribution >= 0.6 is 0 Å². The number of nitrogens with one attached hydrogen (secondary N) is 2. The summed E-state index contributed by atoms with van der Waals surface area (Å²) in [7, 11) is 0. The van der Waals surface area contributed by atoms with Crippen LogP contribution in [0.5, 0.6) is 0 Å². The van der Waals surface area contributed by atoms with Crippen molar-refractivity contribution in [2.45, 2.75) is 26.6 Å². The molecule has 0 atom stereocenters. The van der Waals surface area contributed by atoms with Crippen molar-refractivity contribution >= 4 is 10.9 Å². The normalized spacial score (nSPS) is 11.1. The summed E-state index contributed by atoms with van der Waals surface area (Å²) in [5.41, 5.74) is 4.80. The quantitative estimate of drug-likeness (QED) is 0.681. The van der Waals surface area contributed by atoms with Gasteiger partial charge in [0, 0.05) is 41.9 Å². The molecular weight excluding hydrogens is 260 g/mol. The molecule has 1 aromatic carbocycles. The van der Waals surface area contributed by atoms with Gasteiger partial charge in [-0.05, 0) is 24.6 Å². The average molecular weight is 280 g/mol. The van der Waals surface area contributed by atoms with E-state index in [2.05, 4.69) is 52.4 Å². The highest BCUT2D eigenvalue weighted by atomic mass is 15.3. The minimum atomic E-state index is 0.753. The van der Waals surface area contributed by atoms with Crippen molar-refractivity contribution in [2.24, 2.45) is 0 Å². The first kappa shape index (κ1) is 13.6. The van der Waals surface area contributed by atoms with Gasteiger partial charge in [0.15, 0.2) is 0 Å². The summed E-state index contributed by atoms with van der Waals surface area (Å²) >= 11 is 0. The second kappa shape index (κ2) is 5.97. The fraction of sp³-hybridized carbons (Fsp3) is 0.235. The first-order valence-electron chi connectivity index (χ1n) is 7.17. The van der Waals surface area contributed by atoms with E-state index >= 15 is 0 Å². The topological polar surface area (TPSA) is 45.6 Å². The van der Waals surface area contributed by atoms with Crippen molar-refractivity contribution in [1.82, 2.24) is 20.1 Å². The van der Waals surface area contributed by atoms with Gasteiger partial charge in [-0.15, -0.1) is 6.58 Å². The van der Waals surface area contributed by atoms with Gasteiger partial charge >= 0.3 is 0 Å². The Morgan fingerprint density at radius 1 is 1.29 bits per heavy atom. The molecule has 3 rings (SSSR count). The summed E-state index contributed by atoms with van der Waals surface area (Å²) in [5, 5.41) is 9.25. The van der Waals surface area contributed by atoms with Crippen molar-refractivity contribution in [1.29, 1.82) is 0 Å². The lowest BCUT2D eigenvalue weighted by molar-refractivity contribution is 0.686. The van der Waals surface area contributed by atoms with Gasteiger partial charge in [0.2, 0.25) is 0 Å². The summed E-state index contributed by atoms with van der Waals surface area (Å²) in [5.74, 6) is 0. The zero-order valence-electron chi connectivity index (χ0n) is 12.3. The lowest BCUT2D eigenvalue weighted by atomic mass is 10.1. The van der Waals surface area contributed by atoms with Crippen LogP contribution in [-0.2, 0) is 19.6 Å². The second-order valence-electron chi connectivity index (χ2n) is 5.21. The van der Waals surface area contributed by atoms with Gasteiger partial charge in [0.25, 0.3) is 0 Å². The summed E-state index contributed by atoms with van der Waals surface area (Å²) in [6.45, 7) is 8.21. The van der Waals surface area contributed by atoms with Gasteiger partial charge in [0.05, 0.1) is 12.2 Å². The molecule has 0 fully saturated rings. The second-order valence-corrected chi connectivity index (χ2v) is 5.21. The molecule has 0 aliphatic carbocycles. The summed E-state index contributed by atoms with van der Waals surface area (Å²) in [6, 6.07) is 8.47. The van der Waals surface area contributed by atoms with E-state index in [4.69, 9.17) is 0 Å². The van der Waals surface area contributed by atoms with E-state index in [0.717, 1.165) is 25.3 Å². The molecule has 4 nitrogen and oxygen atoms in total. The van der Waals surface area contributed by atoms with E-state index in [0.29, 0.717) is 0 Å². The van der Waals surface area contributed by atoms with Crippen molar-refractivity contribution in [3.63, 3.8) is 0 Å². The molecule has 0 saturated heterocycles. The van der Waals surface area contributed by atoms with Crippen LogP contribution in [0, 0.1) is 6.92 Å². The minimum absolute atomic E-state index is 0.753. The Balaban J connectivity index is 1.66. The molecule has 0 amide bonds. The zero-order chi connectivity index (χ0) is 14.7. The van der Waals surface area contributed by atoms with Crippen LogP contribution in [0.4, 0.5) is 0 Å². The van der Waals surface area contributed by atoms with Crippen LogP contribution in [0.3, 0.4) is 0 Å². The molecule has 108 valence electrons. The molecule has 0 aliphatic rings. The molecule has 4 heteroatoms. The molecule has 0 unspecified atom stereocenters. The maximum atomic E-state index is 4.47. The summed E-state index contributed by atoms with van der Waals surface area (Å²) in [6.07, 6.45) is 5.93. The molecule has 0 saturated carbocycles. The number of aromatic nitrogens is 3. The van der Waals surface area contributed by atoms with Crippen LogP contribution in [0.1, 0.15) is 16.8 Å². The maximum Gasteiger partial charge on any atom is 0.0638 e. The molecule has 21 heavy (non-hydrogen) atoms. The number of nitrogens with zero attached hydrogens (tertiary/aromatic N) is 2. The largest absolute Gasteiger partial charge is 0.361 e. The SMILES string of the molecule is C=CCn1cc(CNCc2cccc3[nH]ccc23)c(C)n1. The Hall–Kier alpha value is -2.33. The molecule has 0 aliphatic heterocycles. The Bertz CT molecular complexity index is 751. The van der Waals surface area contributed by atoms with Crippen LogP contribution in [0.2, 0.25) is 0 Å². The van der Waals surface area contributed by atoms with E-state index < -0.39 is 0 Å². The Labute approximate surface area is 124 Å². The predicted octanol–water partition coefficient (Wildman–Crippen LogP) is 3.15. The highest BCUT2D eigenvalue weighted by Crippen LogP contribution is 2.17. The lowest BCUT2D eigenvalue weighted by Crippen LogP contribution is -2.13. The van der Waals surface area contributed by atoms with E-state index in [-0.39, 0.29) is 0 Å². The fourth-order valence-electron chi connectivity index (χ4n) is 2.59. The van der Waals surface area contributed by atoms with E-state index in [1.165, 1.54) is 22.0 Å². The minimum Gasteiger partial charge on any atom is -0.361 e. The van der Waals surface area contributed by atoms with Crippen LogP contribution < -0.4 is 5.32 Å². The van der Waals surface area contributed by atoms with Gasteiger partial charge in [-0.3, -0.25) is 4.68 Å². The third-order valence-corrected chi connectivity index (χ3v) is 3.68. The van der Waals surface area contributed by atoms with Gasteiger partial charge in [0.1, 0.15) is 0 Å². The number of allylic oxidation sites excluding steroid dienone is 1. The highest BCUT2D eigenvalue weighted by Gasteiger charge is 2.05. The monoisotopic (exact) mass is 280 g/mol. The van der Waals surface area contributed by atoms with Crippen LogP contribution in [-0.4, -0.2) is 14.8 Å². The van der Waals surface area contributed by atoms with E-state index in [9.17, 15) is 0 Å². The molecule has 0 bridgehead atoms. The van der Waals surface area contributed by atoms with Crippen molar-refractivity contribution < 1.29 is 0 Å². The number of fused-ring (bicyclic) bond motifs is 1. The van der Waals surface area contributed by atoms with Crippen molar-refractivity contribution in [3.05, 3.63) is 66.1 Å².